The molecular formula is C25H20F2N2O4. The lowest BCUT2D eigenvalue weighted by Crippen LogP contribution is -2.32. The fourth-order valence-electron chi connectivity index (χ4n) is 3.51. The largest absolute Gasteiger partial charge is 0.497 e. The highest BCUT2D eigenvalue weighted by Crippen LogP contribution is 2.37. The van der Waals surface area contributed by atoms with E-state index >= 15 is 0 Å². The number of nitrogens with zero attached hydrogens (tertiary/aromatic N) is 1. The molecule has 1 heterocycles. The van der Waals surface area contributed by atoms with E-state index in [1.165, 1.54) is 32.4 Å². The molecule has 0 saturated heterocycles. The average Bonchev–Trinajstić information content (AvgIpc) is 3.05. The molecule has 0 bridgehead atoms. The molecule has 33 heavy (non-hydrogen) atoms. The normalized spacial score (nSPS) is 13.5. The van der Waals surface area contributed by atoms with Gasteiger partial charge in [-0.15, -0.1) is 0 Å². The maximum absolute atomic E-state index is 13.8. The molecule has 0 unspecified atom stereocenters. The third-order valence-corrected chi connectivity index (χ3v) is 5.21. The van der Waals surface area contributed by atoms with E-state index in [-0.39, 0.29) is 22.6 Å². The van der Waals surface area contributed by atoms with E-state index < -0.39 is 23.4 Å². The van der Waals surface area contributed by atoms with Crippen LogP contribution in [0.2, 0.25) is 0 Å². The van der Waals surface area contributed by atoms with Crippen molar-refractivity contribution in [3.05, 3.63) is 89.1 Å². The number of amides is 2. The van der Waals surface area contributed by atoms with Crippen LogP contribution < -0.4 is 19.7 Å². The van der Waals surface area contributed by atoms with Crippen LogP contribution >= 0.6 is 0 Å². The van der Waals surface area contributed by atoms with E-state index in [9.17, 15) is 18.4 Å². The number of ether oxygens (including phenoxy) is 2. The predicted octanol–water partition coefficient (Wildman–Crippen LogP) is 4.69. The van der Waals surface area contributed by atoms with Gasteiger partial charge in [-0.05, 0) is 24.6 Å². The zero-order valence-electron chi connectivity index (χ0n) is 18.1. The lowest BCUT2D eigenvalue weighted by molar-refractivity contribution is -0.120. The Labute approximate surface area is 189 Å². The zero-order valence-corrected chi connectivity index (χ0v) is 18.1. The van der Waals surface area contributed by atoms with E-state index in [2.05, 4.69) is 5.32 Å². The minimum Gasteiger partial charge on any atom is -0.497 e. The number of anilines is 2. The molecule has 1 aliphatic heterocycles. The first-order chi connectivity index (χ1) is 15.8. The Balaban J connectivity index is 1.84. The molecule has 6 nitrogen and oxygen atoms in total. The Kier molecular flexibility index (Phi) is 5.83. The van der Waals surface area contributed by atoms with E-state index in [0.29, 0.717) is 17.1 Å². The minimum absolute atomic E-state index is 0.0587. The molecule has 3 aromatic rings. The maximum atomic E-state index is 13.8. The van der Waals surface area contributed by atoms with Crippen molar-refractivity contribution in [2.45, 2.75) is 6.92 Å². The quantitative estimate of drug-likeness (QED) is 0.552. The molecule has 1 aliphatic rings. The van der Waals surface area contributed by atoms with Crippen molar-refractivity contribution >= 4 is 28.8 Å². The van der Waals surface area contributed by atoms with E-state index in [1.807, 2.05) is 19.1 Å². The fourth-order valence-corrected chi connectivity index (χ4v) is 3.51. The van der Waals surface area contributed by atoms with Gasteiger partial charge in [0.05, 0.1) is 25.5 Å². The Bertz CT molecular complexity index is 1260. The summed E-state index contributed by atoms with van der Waals surface area (Å²) >= 11 is 0. The summed E-state index contributed by atoms with van der Waals surface area (Å²) in [5, 5.41) is 2.81. The monoisotopic (exact) mass is 450 g/mol. The Morgan fingerprint density at radius 3 is 2.00 bits per heavy atom. The van der Waals surface area contributed by atoms with Gasteiger partial charge in [0.25, 0.3) is 11.8 Å². The molecular weight excluding hydrogens is 430 g/mol. The number of rotatable bonds is 6. The number of aryl methyl sites for hydroxylation is 1. The highest BCUT2D eigenvalue weighted by molar-refractivity contribution is 6.46. The average molecular weight is 450 g/mol. The van der Waals surface area contributed by atoms with Crippen molar-refractivity contribution in [3.8, 4) is 11.5 Å². The molecule has 8 heteroatoms. The van der Waals surface area contributed by atoms with Gasteiger partial charge >= 0.3 is 0 Å². The van der Waals surface area contributed by atoms with Crippen molar-refractivity contribution in [1.29, 1.82) is 0 Å². The smallest absolute Gasteiger partial charge is 0.282 e. The summed E-state index contributed by atoms with van der Waals surface area (Å²) in [6.07, 6.45) is 0. The summed E-state index contributed by atoms with van der Waals surface area (Å²) in [4.78, 5) is 28.0. The van der Waals surface area contributed by atoms with E-state index in [1.54, 1.807) is 18.2 Å². The van der Waals surface area contributed by atoms with Crippen LogP contribution in [0.15, 0.2) is 66.4 Å². The Morgan fingerprint density at radius 2 is 1.42 bits per heavy atom. The van der Waals surface area contributed by atoms with Gasteiger partial charge in [0.1, 0.15) is 17.2 Å². The summed E-state index contributed by atoms with van der Waals surface area (Å²) in [7, 11) is 2.91. The number of methoxy groups -OCH3 is 2. The number of hydrogen-bond acceptors (Lipinski definition) is 5. The number of nitrogens with one attached hydrogen (secondary N) is 1. The molecule has 0 atom stereocenters. The summed E-state index contributed by atoms with van der Waals surface area (Å²) in [5.74, 6) is -2.55. The zero-order chi connectivity index (χ0) is 23.7. The number of hydrogen-bond donors (Lipinski definition) is 1. The second kappa shape index (κ2) is 8.74. The molecule has 168 valence electrons. The summed E-state index contributed by atoms with van der Waals surface area (Å²) in [6, 6.07) is 14.9. The lowest BCUT2D eigenvalue weighted by atomic mass is 10.0. The van der Waals surface area contributed by atoms with E-state index in [4.69, 9.17) is 9.47 Å². The first-order valence-electron chi connectivity index (χ1n) is 9.97. The third-order valence-electron chi connectivity index (χ3n) is 5.21. The van der Waals surface area contributed by atoms with Gasteiger partial charge in [0.2, 0.25) is 0 Å². The van der Waals surface area contributed by atoms with Crippen molar-refractivity contribution in [2.24, 2.45) is 0 Å². The van der Waals surface area contributed by atoms with Crippen molar-refractivity contribution in [1.82, 2.24) is 0 Å². The number of benzene rings is 3. The van der Waals surface area contributed by atoms with Crippen molar-refractivity contribution in [3.63, 3.8) is 0 Å². The lowest BCUT2D eigenvalue weighted by Gasteiger charge is -2.17. The highest BCUT2D eigenvalue weighted by Gasteiger charge is 2.40. The molecule has 0 radical (unpaired) electrons. The van der Waals surface area contributed by atoms with Crippen LogP contribution in [0.5, 0.6) is 11.5 Å². The van der Waals surface area contributed by atoms with Gasteiger partial charge < -0.3 is 14.8 Å². The molecule has 0 aromatic heterocycles. The summed E-state index contributed by atoms with van der Waals surface area (Å²) in [6.45, 7) is 1.90. The van der Waals surface area contributed by atoms with Gasteiger partial charge in [0, 0.05) is 30.0 Å². The van der Waals surface area contributed by atoms with Crippen molar-refractivity contribution < 1.29 is 27.8 Å². The van der Waals surface area contributed by atoms with Gasteiger partial charge in [-0.2, -0.15) is 0 Å². The van der Waals surface area contributed by atoms with Crippen LogP contribution in [0.4, 0.5) is 20.2 Å². The topological polar surface area (TPSA) is 67.9 Å². The number of carbonyl (C=O) groups is 2. The van der Waals surface area contributed by atoms with Crippen LogP contribution in [-0.2, 0) is 9.59 Å². The molecule has 1 N–H and O–H groups in total. The standard InChI is InChI=1S/C25H20F2N2O4/c1-14-4-6-15(7-5-14)22-23(28-16-8-9-20(26)21(27)10-16)25(31)29(24(22)30)17-11-18(32-2)13-19(12-17)33-3/h4-13,28H,1-3H3. The summed E-state index contributed by atoms with van der Waals surface area (Å²) in [5.41, 5.74) is 1.89. The van der Waals surface area contributed by atoms with Crippen LogP contribution in [0.3, 0.4) is 0 Å². The highest BCUT2D eigenvalue weighted by atomic mass is 19.2. The fraction of sp³-hybridized carbons (Fsp3) is 0.120. The van der Waals surface area contributed by atoms with Gasteiger partial charge in [-0.3, -0.25) is 9.59 Å². The minimum atomic E-state index is -1.08. The Morgan fingerprint density at radius 1 is 0.788 bits per heavy atom. The van der Waals surface area contributed by atoms with Gasteiger partial charge in [0.15, 0.2) is 11.6 Å². The number of imide groups is 1. The maximum Gasteiger partial charge on any atom is 0.282 e. The van der Waals surface area contributed by atoms with Crippen LogP contribution in [0, 0.1) is 18.6 Å². The Hall–Kier alpha value is -4.20. The first kappa shape index (κ1) is 22.0. The number of halogens is 2. The van der Waals surface area contributed by atoms with Gasteiger partial charge in [-0.1, -0.05) is 29.8 Å². The van der Waals surface area contributed by atoms with Gasteiger partial charge in [-0.25, -0.2) is 13.7 Å². The SMILES string of the molecule is COc1cc(OC)cc(N2C(=O)C(Nc3ccc(F)c(F)c3)=C(c3ccc(C)cc3)C2=O)c1. The third kappa shape index (κ3) is 4.15. The first-order valence-corrected chi connectivity index (χ1v) is 9.97. The molecule has 0 fully saturated rings. The second-order valence-electron chi connectivity index (χ2n) is 7.39. The number of carbonyl (C=O) groups excluding carboxylic acids is 2. The predicted molar refractivity (Wildman–Crippen MR) is 120 cm³/mol. The van der Waals surface area contributed by atoms with E-state index in [0.717, 1.165) is 22.6 Å². The summed E-state index contributed by atoms with van der Waals surface area (Å²) < 4.78 is 37.7. The second-order valence-corrected chi connectivity index (χ2v) is 7.39. The molecule has 0 spiro atoms. The molecule has 3 aromatic carbocycles. The molecule has 2 amide bonds. The molecule has 0 saturated carbocycles. The molecule has 0 aliphatic carbocycles. The van der Waals surface area contributed by atoms with Crippen LogP contribution in [-0.4, -0.2) is 26.0 Å². The van der Waals surface area contributed by atoms with Crippen LogP contribution in [0.25, 0.3) is 5.57 Å². The van der Waals surface area contributed by atoms with Crippen molar-refractivity contribution in [2.75, 3.05) is 24.4 Å². The van der Waals surface area contributed by atoms with Crippen LogP contribution in [0.1, 0.15) is 11.1 Å². The molecule has 4 rings (SSSR count).